The molecule has 27 heavy (non-hydrogen) atoms. The number of rotatable bonds is 8. The summed E-state index contributed by atoms with van der Waals surface area (Å²) in [5.41, 5.74) is 1.48. The molecule has 0 aliphatic heterocycles. The number of carbonyl (C=O) groups is 1. The van der Waals surface area contributed by atoms with Crippen molar-refractivity contribution in [3.05, 3.63) is 47.5 Å². The van der Waals surface area contributed by atoms with E-state index in [2.05, 4.69) is 5.32 Å². The highest BCUT2D eigenvalue weighted by Gasteiger charge is 2.10. The highest BCUT2D eigenvalue weighted by molar-refractivity contribution is 5.92. The monoisotopic (exact) mass is 373 g/mol. The summed E-state index contributed by atoms with van der Waals surface area (Å²) in [4.78, 5) is 12.1. The van der Waals surface area contributed by atoms with Gasteiger partial charge in [0.25, 0.3) is 0 Å². The van der Waals surface area contributed by atoms with Gasteiger partial charge in [-0.2, -0.15) is 0 Å². The Bertz CT molecular complexity index is 831. The Kier molecular flexibility index (Phi) is 6.93. The Labute approximate surface area is 158 Å². The second kappa shape index (κ2) is 9.38. The number of hydrogen-bond donors (Lipinski definition) is 2. The fraction of sp³-hybridized carbons (Fsp3) is 0.250. The molecule has 0 aliphatic rings. The lowest BCUT2D eigenvalue weighted by Crippen LogP contribution is -2.20. The molecule has 0 radical (unpaired) electrons. The standard InChI is InChI=1S/C20H23NO6/c1-24-16-11-19(27-4)18(26-3)10-14(16)6-8-20(23)21-12-13-5-7-15(22)17(9-13)25-2/h5-11,22H,12H2,1-4H3,(H,21,23)/b8-6+. The van der Waals surface area contributed by atoms with Gasteiger partial charge in [0, 0.05) is 24.3 Å². The Morgan fingerprint density at radius 2 is 1.56 bits per heavy atom. The molecular weight excluding hydrogens is 350 g/mol. The average Bonchev–Trinajstić information content (AvgIpc) is 2.70. The minimum atomic E-state index is -0.279. The molecule has 0 spiro atoms. The van der Waals surface area contributed by atoms with Gasteiger partial charge in [0.05, 0.1) is 28.4 Å². The van der Waals surface area contributed by atoms with Crippen LogP contribution in [0.15, 0.2) is 36.4 Å². The van der Waals surface area contributed by atoms with Crippen LogP contribution in [0, 0.1) is 0 Å². The summed E-state index contributed by atoms with van der Waals surface area (Å²) in [5, 5.41) is 12.4. The summed E-state index contributed by atoms with van der Waals surface area (Å²) in [6.45, 7) is 0.295. The van der Waals surface area contributed by atoms with Gasteiger partial charge < -0.3 is 29.4 Å². The SMILES string of the molecule is COc1cc(CNC(=O)/C=C/c2cc(OC)c(OC)cc2OC)ccc1O. The molecule has 0 bridgehead atoms. The van der Waals surface area contributed by atoms with Gasteiger partial charge in [0.15, 0.2) is 23.0 Å². The Morgan fingerprint density at radius 1 is 0.926 bits per heavy atom. The van der Waals surface area contributed by atoms with E-state index in [1.165, 1.54) is 33.5 Å². The average molecular weight is 373 g/mol. The third-order valence-corrected chi connectivity index (χ3v) is 3.86. The van der Waals surface area contributed by atoms with Crippen LogP contribution in [0.4, 0.5) is 0 Å². The summed E-state index contributed by atoms with van der Waals surface area (Å²) < 4.78 is 20.9. The van der Waals surface area contributed by atoms with Crippen molar-refractivity contribution in [3.63, 3.8) is 0 Å². The number of benzene rings is 2. The van der Waals surface area contributed by atoms with Gasteiger partial charge in [-0.1, -0.05) is 6.07 Å². The van der Waals surface area contributed by atoms with E-state index in [-0.39, 0.29) is 11.7 Å². The van der Waals surface area contributed by atoms with Gasteiger partial charge in [-0.25, -0.2) is 0 Å². The molecular formula is C20H23NO6. The summed E-state index contributed by atoms with van der Waals surface area (Å²) in [6.07, 6.45) is 3.04. The molecule has 0 saturated heterocycles. The van der Waals surface area contributed by atoms with E-state index in [0.29, 0.717) is 35.1 Å². The van der Waals surface area contributed by atoms with Crippen LogP contribution in [-0.2, 0) is 11.3 Å². The molecule has 0 aromatic heterocycles. The van der Waals surface area contributed by atoms with Gasteiger partial charge in [0.2, 0.25) is 5.91 Å². The van der Waals surface area contributed by atoms with Gasteiger partial charge in [-0.15, -0.1) is 0 Å². The number of methoxy groups -OCH3 is 4. The predicted octanol–water partition coefficient (Wildman–Crippen LogP) is 2.76. The van der Waals surface area contributed by atoms with Crippen molar-refractivity contribution in [3.8, 4) is 28.7 Å². The van der Waals surface area contributed by atoms with E-state index < -0.39 is 0 Å². The van der Waals surface area contributed by atoms with E-state index in [4.69, 9.17) is 18.9 Å². The third-order valence-electron chi connectivity index (χ3n) is 3.86. The van der Waals surface area contributed by atoms with Gasteiger partial charge in [0.1, 0.15) is 5.75 Å². The van der Waals surface area contributed by atoms with Crippen molar-refractivity contribution in [2.75, 3.05) is 28.4 Å². The first-order valence-corrected chi connectivity index (χ1v) is 8.14. The largest absolute Gasteiger partial charge is 0.504 e. The number of amides is 1. The second-order valence-electron chi connectivity index (χ2n) is 5.51. The highest BCUT2D eigenvalue weighted by atomic mass is 16.5. The first-order chi connectivity index (χ1) is 13.0. The fourth-order valence-electron chi connectivity index (χ4n) is 2.43. The molecule has 2 aromatic carbocycles. The van der Waals surface area contributed by atoms with E-state index in [1.54, 1.807) is 37.5 Å². The maximum absolute atomic E-state index is 12.1. The normalized spacial score (nSPS) is 10.5. The van der Waals surface area contributed by atoms with Crippen LogP contribution in [0.5, 0.6) is 28.7 Å². The highest BCUT2D eigenvalue weighted by Crippen LogP contribution is 2.35. The van der Waals surface area contributed by atoms with Crippen molar-refractivity contribution in [2.24, 2.45) is 0 Å². The Balaban J connectivity index is 2.08. The zero-order valence-electron chi connectivity index (χ0n) is 15.7. The molecule has 0 atom stereocenters. The number of carbonyl (C=O) groups excluding carboxylic acids is 1. The number of hydrogen-bond acceptors (Lipinski definition) is 6. The third kappa shape index (κ3) is 5.07. The van der Waals surface area contributed by atoms with Crippen molar-refractivity contribution in [2.45, 2.75) is 6.54 Å². The molecule has 7 heteroatoms. The zero-order valence-corrected chi connectivity index (χ0v) is 15.7. The molecule has 0 unspecified atom stereocenters. The fourth-order valence-corrected chi connectivity index (χ4v) is 2.43. The van der Waals surface area contributed by atoms with E-state index in [9.17, 15) is 9.90 Å². The van der Waals surface area contributed by atoms with Crippen LogP contribution >= 0.6 is 0 Å². The molecule has 0 aliphatic carbocycles. The van der Waals surface area contributed by atoms with Crippen molar-refractivity contribution >= 4 is 12.0 Å². The first-order valence-electron chi connectivity index (χ1n) is 8.14. The number of phenols is 1. The van der Waals surface area contributed by atoms with Crippen LogP contribution in [0.25, 0.3) is 6.08 Å². The van der Waals surface area contributed by atoms with Crippen LogP contribution in [0.1, 0.15) is 11.1 Å². The summed E-state index contributed by atoms with van der Waals surface area (Å²) in [5.74, 6) is 1.76. The van der Waals surface area contributed by atoms with Gasteiger partial charge >= 0.3 is 0 Å². The Morgan fingerprint density at radius 3 is 2.19 bits per heavy atom. The summed E-state index contributed by atoms with van der Waals surface area (Å²) in [6, 6.07) is 8.31. The van der Waals surface area contributed by atoms with E-state index in [0.717, 1.165) is 5.56 Å². The first kappa shape index (κ1) is 20.0. The second-order valence-corrected chi connectivity index (χ2v) is 5.51. The minimum Gasteiger partial charge on any atom is -0.504 e. The number of phenolic OH excluding ortho intramolecular Hbond substituents is 1. The Hall–Kier alpha value is -3.35. The molecule has 2 rings (SSSR count). The molecule has 2 aromatic rings. The maximum atomic E-state index is 12.1. The number of aromatic hydroxyl groups is 1. The van der Waals surface area contributed by atoms with Crippen LogP contribution in [0.3, 0.4) is 0 Å². The van der Waals surface area contributed by atoms with Crippen LogP contribution in [0.2, 0.25) is 0 Å². The van der Waals surface area contributed by atoms with Gasteiger partial charge in [-0.05, 0) is 29.8 Å². The smallest absolute Gasteiger partial charge is 0.244 e. The van der Waals surface area contributed by atoms with E-state index in [1.807, 2.05) is 0 Å². The lowest BCUT2D eigenvalue weighted by molar-refractivity contribution is -0.116. The van der Waals surface area contributed by atoms with Gasteiger partial charge in [-0.3, -0.25) is 4.79 Å². The molecule has 0 fully saturated rings. The lowest BCUT2D eigenvalue weighted by atomic mass is 10.1. The van der Waals surface area contributed by atoms with Crippen LogP contribution < -0.4 is 24.3 Å². The van der Waals surface area contributed by atoms with E-state index >= 15 is 0 Å². The van der Waals surface area contributed by atoms with Crippen LogP contribution in [-0.4, -0.2) is 39.5 Å². The topological polar surface area (TPSA) is 86.3 Å². The van der Waals surface area contributed by atoms with Crippen molar-refractivity contribution in [1.82, 2.24) is 5.32 Å². The quantitative estimate of drug-likeness (QED) is 0.692. The molecule has 0 saturated carbocycles. The van der Waals surface area contributed by atoms with Crippen molar-refractivity contribution < 1.29 is 28.8 Å². The predicted molar refractivity (Wildman–Crippen MR) is 102 cm³/mol. The lowest BCUT2D eigenvalue weighted by Gasteiger charge is -2.12. The molecule has 2 N–H and O–H groups in total. The zero-order chi connectivity index (χ0) is 19.8. The van der Waals surface area contributed by atoms with Crippen molar-refractivity contribution in [1.29, 1.82) is 0 Å². The summed E-state index contributed by atoms with van der Waals surface area (Å²) >= 11 is 0. The molecule has 7 nitrogen and oxygen atoms in total. The summed E-state index contributed by atoms with van der Waals surface area (Å²) in [7, 11) is 6.09. The minimum absolute atomic E-state index is 0.0491. The molecule has 1 amide bonds. The molecule has 144 valence electrons. The maximum Gasteiger partial charge on any atom is 0.244 e. The number of ether oxygens (including phenoxy) is 4. The molecule has 0 heterocycles. The number of nitrogens with one attached hydrogen (secondary N) is 1.